The summed E-state index contributed by atoms with van der Waals surface area (Å²) < 4.78 is 5.16. The van der Waals surface area contributed by atoms with Gasteiger partial charge >= 0.3 is 0 Å². The molecule has 0 unspecified atom stereocenters. The summed E-state index contributed by atoms with van der Waals surface area (Å²) in [4.78, 5) is 4.29. The minimum Gasteiger partial charge on any atom is -0.337 e. The van der Waals surface area contributed by atoms with E-state index in [0.717, 1.165) is 18.4 Å². The van der Waals surface area contributed by atoms with Crippen LogP contribution in [0.2, 0.25) is 5.02 Å². The van der Waals surface area contributed by atoms with E-state index in [4.69, 9.17) is 21.9 Å². The fraction of sp³-hybridized carbons (Fsp3) is 0.273. The van der Waals surface area contributed by atoms with Gasteiger partial charge in [-0.2, -0.15) is 4.98 Å². The average Bonchev–Trinajstić information content (AvgIpc) is 2.83. The molecule has 2 N–H and O–H groups in total. The standard InChI is InChI=1S/C11H10ClN3O.ClH/c12-8-3-1-2-7(6-8)9-14-10(16-15-9)11(13)4-5-11;/h1-3,6H,4-5,13H2;1H. The van der Waals surface area contributed by atoms with Crippen LogP contribution in [0.1, 0.15) is 18.7 Å². The summed E-state index contributed by atoms with van der Waals surface area (Å²) in [6, 6.07) is 7.34. The number of hydrogen-bond acceptors (Lipinski definition) is 4. The Morgan fingerprint density at radius 1 is 1.35 bits per heavy atom. The number of halogens is 2. The average molecular weight is 272 g/mol. The predicted molar refractivity (Wildman–Crippen MR) is 67.1 cm³/mol. The second-order valence-corrected chi connectivity index (χ2v) is 4.53. The van der Waals surface area contributed by atoms with Gasteiger partial charge in [-0.3, -0.25) is 0 Å². The van der Waals surface area contributed by atoms with E-state index >= 15 is 0 Å². The molecule has 1 aromatic heterocycles. The quantitative estimate of drug-likeness (QED) is 0.912. The van der Waals surface area contributed by atoms with Crippen molar-refractivity contribution in [2.75, 3.05) is 0 Å². The number of hydrogen-bond donors (Lipinski definition) is 1. The molecule has 0 bridgehead atoms. The second kappa shape index (κ2) is 4.29. The van der Waals surface area contributed by atoms with Crippen LogP contribution in [-0.4, -0.2) is 10.1 Å². The Morgan fingerprint density at radius 2 is 2.12 bits per heavy atom. The zero-order valence-electron chi connectivity index (χ0n) is 8.89. The van der Waals surface area contributed by atoms with Gasteiger partial charge in [0.15, 0.2) is 0 Å². The molecule has 0 radical (unpaired) electrons. The highest BCUT2D eigenvalue weighted by Crippen LogP contribution is 2.42. The maximum Gasteiger partial charge on any atom is 0.247 e. The zero-order valence-corrected chi connectivity index (χ0v) is 10.5. The summed E-state index contributed by atoms with van der Waals surface area (Å²) >= 11 is 5.89. The van der Waals surface area contributed by atoms with E-state index in [1.54, 1.807) is 12.1 Å². The molecule has 4 nitrogen and oxygen atoms in total. The third kappa shape index (κ3) is 2.29. The lowest BCUT2D eigenvalue weighted by Crippen LogP contribution is -2.18. The summed E-state index contributed by atoms with van der Waals surface area (Å²) in [7, 11) is 0. The third-order valence-corrected chi connectivity index (χ3v) is 2.96. The third-order valence-electron chi connectivity index (χ3n) is 2.72. The van der Waals surface area contributed by atoms with E-state index in [-0.39, 0.29) is 17.9 Å². The molecule has 0 spiro atoms. The van der Waals surface area contributed by atoms with Crippen molar-refractivity contribution >= 4 is 24.0 Å². The molecule has 17 heavy (non-hydrogen) atoms. The van der Waals surface area contributed by atoms with Gasteiger partial charge < -0.3 is 10.3 Å². The van der Waals surface area contributed by atoms with E-state index in [1.807, 2.05) is 12.1 Å². The molecule has 0 atom stereocenters. The van der Waals surface area contributed by atoms with Gasteiger partial charge in [-0.25, -0.2) is 0 Å². The number of nitrogens with zero attached hydrogens (tertiary/aromatic N) is 2. The Labute approximate surface area is 110 Å². The number of rotatable bonds is 2. The van der Waals surface area contributed by atoms with Crippen molar-refractivity contribution in [3.63, 3.8) is 0 Å². The van der Waals surface area contributed by atoms with Gasteiger partial charge in [0, 0.05) is 10.6 Å². The monoisotopic (exact) mass is 271 g/mol. The Hall–Kier alpha value is -1.10. The van der Waals surface area contributed by atoms with Crippen LogP contribution in [0, 0.1) is 0 Å². The molecule has 0 saturated heterocycles. The Morgan fingerprint density at radius 3 is 2.76 bits per heavy atom. The van der Waals surface area contributed by atoms with Crippen LogP contribution in [-0.2, 0) is 5.54 Å². The second-order valence-electron chi connectivity index (χ2n) is 4.09. The van der Waals surface area contributed by atoms with Crippen molar-refractivity contribution in [2.24, 2.45) is 5.73 Å². The van der Waals surface area contributed by atoms with E-state index in [0.29, 0.717) is 16.7 Å². The SMILES string of the molecule is Cl.NC1(c2nc(-c3cccc(Cl)c3)no2)CC1. The van der Waals surface area contributed by atoms with Crippen LogP contribution in [0.4, 0.5) is 0 Å². The molecule has 2 aromatic rings. The first-order valence-electron chi connectivity index (χ1n) is 5.06. The molecule has 1 aliphatic rings. The maximum absolute atomic E-state index is 5.97. The summed E-state index contributed by atoms with van der Waals surface area (Å²) in [5.74, 6) is 1.05. The van der Waals surface area contributed by atoms with Gasteiger partial charge in [-0.15, -0.1) is 12.4 Å². The van der Waals surface area contributed by atoms with E-state index < -0.39 is 0 Å². The summed E-state index contributed by atoms with van der Waals surface area (Å²) in [6.07, 6.45) is 1.81. The molecule has 3 rings (SSSR count). The zero-order chi connectivity index (χ0) is 11.2. The lowest BCUT2D eigenvalue weighted by Gasteiger charge is -1.98. The Kier molecular flexibility index (Phi) is 3.12. The summed E-state index contributed by atoms with van der Waals surface area (Å²) in [5.41, 5.74) is 6.42. The Bertz CT molecular complexity index is 537. The summed E-state index contributed by atoms with van der Waals surface area (Å²) in [6.45, 7) is 0. The molecule has 1 aromatic carbocycles. The van der Waals surface area contributed by atoms with Gasteiger partial charge in [0.1, 0.15) is 0 Å². The van der Waals surface area contributed by atoms with Gasteiger partial charge in [-0.05, 0) is 25.0 Å². The normalized spacial score (nSPS) is 16.4. The minimum atomic E-state index is -0.385. The molecule has 1 saturated carbocycles. The topological polar surface area (TPSA) is 64.9 Å². The molecule has 0 aliphatic heterocycles. The van der Waals surface area contributed by atoms with Crippen molar-refractivity contribution in [3.8, 4) is 11.4 Å². The first-order chi connectivity index (χ1) is 7.67. The lowest BCUT2D eigenvalue weighted by atomic mass is 10.2. The highest BCUT2D eigenvalue weighted by atomic mass is 35.5. The van der Waals surface area contributed by atoms with Crippen LogP contribution < -0.4 is 5.73 Å². The van der Waals surface area contributed by atoms with Gasteiger partial charge in [0.2, 0.25) is 11.7 Å². The predicted octanol–water partition coefficient (Wildman–Crippen LogP) is 2.76. The molecular formula is C11H11Cl2N3O. The molecule has 6 heteroatoms. The van der Waals surface area contributed by atoms with Crippen LogP contribution in [0.3, 0.4) is 0 Å². The molecule has 1 fully saturated rings. The van der Waals surface area contributed by atoms with Crippen molar-refractivity contribution in [1.29, 1.82) is 0 Å². The fourth-order valence-electron chi connectivity index (χ4n) is 1.52. The number of nitrogens with two attached hydrogens (primary N) is 1. The fourth-order valence-corrected chi connectivity index (χ4v) is 1.71. The van der Waals surface area contributed by atoms with Crippen molar-refractivity contribution in [1.82, 2.24) is 10.1 Å². The van der Waals surface area contributed by atoms with E-state index in [2.05, 4.69) is 10.1 Å². The molecule has 90 valence electrons. The van der Waals surface area contributed by atoms with Gasteiger partial charge in [0.25, 0.3) is 0 Å². The van der Waals surface area contributed by atoms with E-state index in [9.17, 15) is 0 Å². The van der Waals surface area contributed by atoms with Crippen LogP contribution in [0.15, 0.2) is 28.8 Å². The first-order valence-corrected chi connectivity index (χ1v) is 5.44. The molecular weight excluding hydrogens is 261 g/mol. The largest absolute Gasteiger partial charge is 0.337 e. The van der Waals surface area contributed by atoms with Crippen molar-refractivity contribution in [3.05, 3.63) is 35.2 Å². The first kappa shape index (κ1) is 12.4. The van der Waals surface area contributed by atoms with Gasteiger partial charge in [-0.1, -0.05) is 28.9 Å². The Balaban J connectivity index is 0.00000108. The van der Waals surface area contributed by atoms with Crippen LogP contribution in [0.5, 0.6) is 0 Å². The smallest absolute Gasteiger partial charge is 0.247 e. The summed E-state index contributed by atoms with van der Waals surface area (Å²) in [5, 5.41) is 4.56. The molecule has 1 aliphatic carbocycles. The minimum absolute atomic E-state index is 0. The van der Waals surface area contributed by atoms with Crippen molar-refractivity contribution in [2.45, 2.75) is 18.4 Å². The number of benzene rings is 1. The highest BCUT2D eigenvalue weighted by Gasteiger charge is 2.45. The van der Waals surface area contributed by atoms with Crippen LogP contribution in [0.25, 0.3) is 11.4 Å². The highest BCUT2D eigenvalue weighted by molar-refractivity contribution is 6.30. The van der Waals surface area contributed by atoms with E-state index in [1.165, 1.54) is 0 Å². The molecule has 0 amide bonds. The lowest BCUT2D eigenvalue weighted by molar-refractivity contribution is 0.348. The maximum atomic E-state index is 5.97. The number of aromatic nitrogens is 2. The molecule has 1 heterocycles. The van der Waals surface area contributed by atoms with Crippen LogP contribution >= 0.6 is 24.0 Å². The van der Waals surface area contributed by atoms with Crippen molar-refractivity contribution < 1.29 is 4.52 Å². The van der Waals surface area contributed by atoms with Gasteiger partial charge in [0.05, 0.1) is 5.54 Å².